The number of anilines is 1. The van der Waals surface area contributed by atoms with Gasteiger partial charge in [-0.3, -0.25) is 9.59 Å². The second-order valence-corrected chi connectivity index (χ2v) is 6.49. The Labute approximate surface area is 154 Å². The highest BCUT2D eigenvalue weighted by atomic mass is 16.5. The van der Waals surface area contributed by atoms with Crippen LogP contribution in [0.5, 0.6) is 5.75 Å². The molecule has 1 atom stereocenters. The lowest BCUT2D eigenvalue weighted by molar-refractivity contribution is -0.128. The number of rotatable bonds is 6. The van der Waals surface area contributed by atoms with E-state index in [1.807, 2.05) is 48.5 Å². The minimum absolute atomic E-state index is 0.000155. The van der Waals surface area contributed by atoms with E-state index in [4.69, 9.17) is 4.74 Å². The number of hydrogen-bond donors (Lipinski definition) is 1. The molecule has 1 unspecified atom stereocenters. The fourth-order valence-electron chi connectivity index (χ4n) is 3.33. The number of ether oxygens (including phenoxy) is 1. The monoisotopic (exact) mass is 352 g/mol. The van der Waals surface area contributed by atoms with Gasteiger partial charge in [0.25, 0.3) is 0 Å². The van der Waals surface area contributed by atoms with Crippen LogP contribution in [0.15, 0.2) is 48.5 Å². The van der Waals surface area contributed by atoms with Gasteiger partial charge in [0.15, 0.2) is 0 Å². The molecular formula is C21H24N2O3. The number of likely N-dealkylation sites (tertiary alicyclic amines) is 1. The number of para-hydroxylation sites is 2. The first-order chi connectivity index (χ1) is 12.6. The van der Waals surface area contributed by atoms with Crippen LogP contribution in [-0.4, -0.2) is 30.4 Å². The van der Waals surface area contributed by atoms with Crippen molar-refractivity contribution >= 4 is 17.5 Å². The second-order valence-electron chi connectivity index (χ2n) is 6.49. The smallest absolute Gasteiger partial charge is 0.229 e. The molecule has 0 spiro atoms. The van der Waals surface area contributed by atoms with Gasteiger partial charge in [-0.05, 0) is 24.1 Å². The van der Waals surface area contributed by atoms with Crippen molar-refractivity contribution in [1.82, 2.24) is 4.90 Å². The van der Waals surface area contributed by atoms with E-state index >= 15 is 0 Å². The van der Waals surface area contributed by atoms with Crippen LogP contribution in [0.2, 0.25) is 0 Å². The van der Waals surface area contributed by atoms with Crippen LogP contribution in [0.4, 0.5) is 5.69 Å². The van der Waals surface area contributed by atoms with Crippen molar-refractivity contribution in [3.05, 3.63) is 59.7 Å². The molecule has 1 aliphatic heterocycles. The number of hydrogen-bond acceptors (Lipinski definition) is 3. The predicted molar refractivity (Wildman–Crippen MR) is 101 cm³/mol. The Morgan fingerprint density at radius 2 is 1.85 bits per heavy atom. The van der Waals surface area contributed by atoms with Crippen molar-refractivity contribution < 1.29 is 14.3 Å². The molecule has 1 saturated heterocycles. The van der Waals surface area contributed by atoms with Crippen LogP contribution in [0.1, 0.15) is 24.5 Å². The number of amides is 2. The zero-order valence-corrected chi connectivity index (χ0v) is 15.2. The summed E-state index contributed by atoms with van der Waals surface area (Å²) < 4.78 is 5.35. The van der Waals surface area contributed by atoms with Crippen LogP contribution < -0.4 is 10.1 Å². The summed E-state index contributed by atoms with van der Waals surface area (Å²) in [7, 11) is 1.62. The van der Waals surface area contributed by atoms with Crippen LogP contribution in [-0.2, 0) is 22.6 Å². The fourth-order valence-corrected chi connectivity index (χ4v) is 3.33. The summed E-state index contributed by atoms with van der Waals surface area (Å²) >= 11 is 0. The van der Waals surface area contributed by atoms with Gasteiger partial charge >= 0.3 is 0 Å². The Balaban J connectivity index is 1.66. The van der Waals surface area contributed by atoms with Gasteiger partial charge in [0.1, 0.15) is 5.75 Å². The van der Waals surface area contributed by atoms with E-state index in [2.05, 4.69) is 12.2 Å². The van der Waals surface area contributed by atoms with Gasteiger partial charge < -0.3 is 15.0 Å². The standard InChI is InChI=1S/C21H24N2O3/c1-3-15-8-4-6-10-18(15)22-21(25)17-12-20(24)23(14-17)13-16-9-5-7-11-19(16)26-2/h4-11,17H,3,12-14H2,1-2H3,(H,22,25). The number of carbonyl (C=O) groups is 2. The highest BCUT2D eigenvalue weighted by molar-refractivity contribution is 5.97. The molecule has 1 heterocycles. The average Bonchev–Trinajstić information content (AvgIpc) is 3.03. The Hall–Kier alpha value is -2.82. The maximum atomic E-state index is 12.6. The zero-order chi connectivity index (χ0) is 18.5. The first-order valence-corrected chi connectivity index (χ1v) is 8.90. The number of nitrogens with zero attached hydrogens (tertiary/aromatic N) is 1. The van der Waals surface area contributed by atoms with Crippen LogP contribution in [0, 0.1) is 5.92 Å². The lowest BCUT2D eigenvalue weighted by Gasteiger charge is -2.18. The number of aryl methyl sites for hydroxylation is 1. The van der Waals surface area contributed by atoms with Gasteiger partial charge in [0.05, 0.1) is 13.0 Å². The fraction of sp³-hybridized carbons (Fsp3) is 0.333. The van der Waals surface area contributed by atoms with E-state index in [-0.39, 0.29) is 24.2 Å². The van der Waals surface area contributed by atoms with Crippen molar-refractivity contribution in [3.63, 3.8) is 0 Å². The van der Waals surface area contributed by atoms with Crippen molar-refractivity contribution in [2.45, 2.75) is 26.3 Å². The van der Waals surface area contributed by atoms with E-state index < -0.39 is 0 Å². The highest BCUT2D eigenvalue weighted by Crippen LogP contribution is 2.26. The summed E-state index contributed by atoms with van der Waals surface area (Å²) in [6.45, 7) is 2.94. The van der Waals surface area contributed by atoms with Gasteiger partial charge in [-0.25, -0.2) is 0 Å². The van der Waals surface area contributed by atoms with E-state index in [9.17, 15) is 9.59 Å². The number of methoxy groups -OCH3 is 1. The summed E-state index contributed by atoms with van der Waals surface area (Å²) in [5.41, 5.74) is 2.87. The van der Waals surface area contributed by atoms with Crippen molar-refractivity contribution in [3.8, 4) is 5.75 Å². The minimum Gasteiger partial charge on any atom is -0.496 e. The minimum atomic E-state index is -0.331. The van der Waals surface area contributed by atoms with Crippen molar-refractivity contribution in [1.29, 1.82) is 0 Å². The average molecular weight is 352 g/mol. The molecule has 136 valence electrons. The SMILES string of the molecule is CCc1ccccc1NC(=O)C1CC(=O)N(Cc2ccccc2OC)C1. The lowest BCUT2D eigenvalue weighted by Crippen LogP contribution is -2.28. The van der Waals surface area contributed by atoms with E-state index in [0.717, 1.165) is 29.0 Å². The van der Waals surface area contributed by atoms with Gasteiger partial charge in [-0.1, -0.05) is 43.3 Å². The van der Waals surface area contributed by atoms with Crippen LogP contribution >= 0.6 is 0 Å². The third kappa shape index (κ3) is 3.87. The summed E-state index contributed by atoms with van der Waals surface area (Å²) in [5, 5.41) is 2.99. The second kappa shape index (κ2) is 8.04. The third-order valence-corrected chi connectivity index (χ3v) is 4.80. The molecule has 2 aromatic carbocycles. The number of nitrogens with one attached hydrogen (secondary N) is 1. The van der Waals surface area contributed by atoms with Crippen molar-refractivity contribution in [2.75, 3.05) is 19.0 Å². The molecule has 3 rings (SSSR count). The maximum absolute atomic E-state index is 12.6. The van der Waals surface area contributed by atoms with Gasteiger partial charge in [0.2, 0.25) is 11.8 Å². The Morgan fingerprint density at radius 1 is 1.15 bits per heavy atom. The van der Waals surface area contributed by atoms with E-state index in [1.165, 1.54) is 0 Å². The molecule has 2 amide bonds. The predicted octanol–water partition coefficient (Wildman–Crippen LogP) is 3.24. The molecule has 0 aliphatic carbocycles. The molecule has 5 heteroatoms. The topological polar surface area (TPSA) is 58.6 Å². The molecule has 0 radical (unpaired) electrons. The third-order valence-electron chi connectivity index (χ3n) is 4.80. The molecule has 2 aromatic rings. The largest absolute Gasteiger partial charge is 0.496 e. The molecule has 26 heavy (non-hydrogen) atoms. The summed E-state index contributed by atoms with van der Waals surface area (Å²) in [6, 6.07) is 15.4. The first-order valence-electron chi connectivity index (χ1n) is 8.90. The van der Waals surface area contributed by atoms with Gasteiger partial charge in [-0.15, -0.1) is 0 Å². The zero-order valence-electron chi connectivity index (χ0n) is 15.2. The molecular weight excluding hydrogens is 328 g/mol. The molecule has 1 fully saturated rings. The summed E-state index contributed by atoms with van der Waals surface area (Å²) in [5.74, 6) is 0.328. The summed E-state index contributed by atoms with van der Waals surface area (Å²) in [4.78, 5) is 26.7. The molecule has 0 aromatic heterocycles. The molecule has 0 bridgehead atoms. The van der Waals surface area contributed by atoms with E-state index in [1.54, 1.807) is 12.0 Å². The number of benzene rings is 2. The first kappa shape index (κ1) is 18.0. The normalized spacial score (nSPS) is 16.6. The van der Waals surface area contributed by atoms with Gasteiger partial charge in [0, 0.05) is 30.8 Å². The Bertz CT molecular complexity index is 803. The molecule has 1 N–H and O–H groups in total. The van der Waals surface area contributed by atoms with E-state index in [0.29, 0.717) is 13.1 Å². The van der Waals surface area contributed by atoms with Crippen molar-refractivity contribution in [2.24, 2.45) is 5.92 Å². The van der Waals surface area contributed by atoms with Gasteiger partial charge in [-0.2, -0.15) is 0 Å². The highest BCUT2D eigenvalue weighted by Gasteiger charge is 2.34. The Kier molecular flexibility index (Phi) is 5.56. The quantitative estimate of drug-likeness (QED) is 0.868. The number of carbonyl (C=O) groups excluding carboxylic acids is 2. The molecule has 0 saturated carbocycles. The molecule has 5 nitrogen and oxygen atoms in total. The Morgan fingerprint density at radius 3 is 2.58 bits per heavy atom. The maximum Gasteiger partial charge on any atom is 0.229 e. The molecule has 1 aliphatic rings. The van der Waals surface area contributed by atoms with Crippen LogP contribution in [0.25, 0.3) is 0 Å². The summed E-state index contributed by atoms with van der Waals surface area (Å²) in [6.07, 6.45) is 1.09. The lowest BCUT2D eigenvalue weighted by atomic mass is 10.1. The van der Waals surface area contributed by atoms with Crippen LogP contribution in [0.3, 0.4) is 0 Å².